The molecule has 0 aliphatic carbocycles. The molecule has 18 heavy (non-hydrogen) atoms. The Morgan fingerprint density at radius 1 is 1.06 bits per heavy atom. The molecule has 1 unspecified atom stereocenters. The van der Waals surface area contributed by atoms with E-state index in [4.69, 9.17) is 9.47 Å². The van der Waals surface area contributed by atoms with E-state index in [1.165, 1.54) is 24.0 Å². The van der Waals surface area contributed by atoms with Gasteiger partial charge in [-0.2, -0.15) is 0 Å². The van der Waals surface area contributed by atoms with Gasteiger partial charge >= 0.3 is 0 Å². The monoisotopic (exact) mass is 314 g/mol. The van der Waals surface area contributed by atoms with Gasteiger partial charge in [-0.15, -0.1) is 0 Å². The van der Waals surface area contributed by atoms with Crippen LogP contribution in [0.5, 0.6) is 11.5 Å². The van der Waals surface area contributed by atoms with Gasteiger partial charge in [-0.25, -0.2) is 0 Å². The van der Waals surface area contributed by atoms with E-state index in [1.807, 2.05) is 6.07 Å². The van der Waals surface area contributed by atoms with Crippen LogP contribution in [0.3, 0.4) is 0 Å². The van der Waals surface area contributed by atoms with Crippen molar-refractivity contribution in [3.63, 3.8) is 0 Å². The van der Waals surface area contributed by atoms with Crippen LogP contribution >= 0.6 is 15.9 Å². The Labute approximate surface area is 119 Å². The average molecular weight is 315 g/mol. The minimum atomic E-state index is 0.368. The SMILES string of the molecule is CCC(CC)C(Br)c1cc(OC)c(OC)cc1C. The van der Waals surface area contributed by atoms with Crippen LogP contribution in [0.15, 0.2) is 12.1 Å². The molecule has 1 aromatic carbocycles. The van der Waals surface area contributed by atoms with Crippen LogP contribution in [-0.4, -0.2) is 14.2 Å². The van der Waals surface area contributed by atoms with Gasteiger partial charge in [0.25, 0.3) is 0 Å². The number of ether oxygens (including phenoxy) is 2. The van der Waals surface area contributed by atoms with Crippen LogP contribution in [0.2, 0.25) is 0 Å². The van der Waals surface area contributed by atoms with E-state index in [2.05, 4.69) is 42.8 Å². The van der Waals surface area contributed by atoms with Gasteiger partial charge in [0.15, 0.2) is 11.5 Å². The van der Waals surface area contributed by atoms with E-state index in [-0.39, 0.29) is 0 Å². The first-order valence-electron chi connectivity index (χ1n) is 6.45. The van der Waals surface area contributed by atoms with Crippen LogP contribution in [0.1, 0.15) is 42.6 Å². The van der Waals surface area contributed by atoms with E-state index in [9.17, 15) is 0 Å². The quantitative estimate of drug-likeness (QED) is 0.696. The summed E-state index contributed by atoms with van der Waals surface area (Å²) in [6.07, 6.45) is 2.33. The van der Waals surface area contributed by atoms with Crippen LogP contribution in [0.4, 0.5) is 0 Å². The number of aryl methyl sites for hydroxylation is 1. The Kier molecular flexibility index (Phi) is 6.00. The van der Waals surface area contributed by atoms with Crippen molar-refractivity contribution >= 4 is 15.9 Å². The predicted molar refractivity (Wildman–Crippen MR) is 80.0 cm³/mol. The lowest BCUT2D eigenvalue weighted by Gasteiger charge is -2.23. The summed E-state index contributed by atoms with van der Waals surface area (Å²) in [5.41, 5.74) is 2.53. The highest BCUT2D eigenvalue weighted by Gasteiger charge is 2.21. The average Bonchev–Trinajstić information content (AvgIpc) is 2.39. The molecular formula is C15H23BrO2. The Hall–Kier alpha value is -0.700. The molecule has 0 aliphatic heterocycles. The van der Waals surface area contributed by atoms with Gasteiger partial charge in [0, 0.05) is 4.83 Å². The normalized spacial score (nSPS) is 12.6. The van der Waals surface area contributed by atoms with Gasteiger partial charge in [0.2, 0.25) is 0 Å². The highest BCUT2D eigenvalue weighted by molar-refractivity contribution is 9.09. The number of halogens is 1. The maximum Gasteiger partial charge on any atom is 0.161 e. The third-order valence-electron chi connectivity index (χ3n) is 3.53. The summed E-state index contributed by atoms with van der Waals surface area (Å²) in [4.78, 5) is 0.368. The Balaban J connectivity index is 3.16. The van der Waals surface area contributed by atoms with Crippen molar-refractivity contribution in [2.45, 2.75) is 38.4 Å². The molecule has 0 heterocycles. The number of benzene rings is 1. The van der Waals surface area contributed by atoms with E-state index < -0.39 is 0 Å². The van der Waals surface area contributed by atoms with E-state index in [0.29, 0.717) is 10.7 Å². The highest BCUT2D eigenvalue weighted by Crippen LogP contribution is 2.41. The smallest absolute Gasteiger partial charge is 0.161 e. The molecule has 0 spiro atoms. The Bertz CT molecular complexity index is 386. The van der Waals surface area contributed by atoms with Crippen molar-refractivity contribution < 1.29 is 9.47 Å². The van der Waals surface area contributed by atoms with E-state index >= 15 is 0 Å². The fourth-order valence-corrected chi connectivity index (χ4v) is 3.49. The standard InChI is InChI=1S/C15H23BrO2/c1-6-11(7-2)15(16)12-9-14(18-5)13(17-4)8-10(12)3/h8-9,11,15H,6-7H2,1-5H3. The first kappa shape index (κ1) is 15.4. The molecule has 1 aromatic rings. The fraction of sp³-hybridized carbons (Fsp3) is 0.600. The van der Waals surface area contributed by atoms with Crippen LogP contribution in [0.25, 0.3) is 0 Å². The van der Waals surface area contributed by atoms with Gasteiger partial charge in [-0.3, -0.25) is 0 Å². The molecule has 2 nitrogen and oxygen atoms in total. The fourth-order valence-electron chi connectivity index (χ4n) is 2.25. The van der Waals surface area contributed by atoms with Gasteiger partial charge in [-0.1, -0.05) is 42.6 Å². The summed E-state index contributed by atoms with van der Waals surface area (Å²) in [6, 6.07) is 4.14. The third-order valence-corrected chi connectivity index (χ3v) is 4.77. The minimum Gasteiger partial charge on any atom is -0.493 e. The Morgan fingerprint density at radius 2 is 1.56 bits per heavy atom. The molecule has 1 atom stereocenters. The summed E-state index contributed by atoms with van der Waals surface area (Å²) >= 11 is 3.84. The topological polar surface area (TPSA) is 18.5 Å². The Morgan fingerprint density at radius 3 is 2.00 bits per heavy atom. The molecule has 0 bridgehead atoms. The molecule has 3 heteroatoms. The lowest BCUT2D eigenvalue weighted by Crippen LogP contribution is -2.07. The zero-order valence-corrected chi connectivity index (χ0v) is 13.5. The van der Waals surface area contributed by atoms with Crippen molar-refractivity contribution in [2.75, 3.05) is 14.2 Å². The molecule has 0 fully saturated rings. The van der Waals surface area contributed by atoms with E-state index in [1.54, 1.807) is 14.2 Å². The van der Waals surface area contributed by atoms with Crippen LogP contribution < -0.4 is 9.47 Å². The maximum atomic E-state index is 5.38. The van der Waals surface area contributed by atoms with Gasteiger partial charge < -0.3 is 9.47 Å². The largest absolute Gasteiger partial charge is 0.493 e. The van der Waals surface area contributed by atoms with Gasteiger partial charge in [-0.05, 0) is 36.1 Å². The second kappa shape index (κ2) is 7.03. The molecular weight excluding hydrogens is 292 g/mol. The number of hydrogen-bond donors (Lipinski definition) is 0. The minimum absolute atomic E-state index is 0.368. The maximum absolute atomic E-state index is 5.38. The predicted octanol–water partition coefficient (Wildman–Crippen LogP) is 4.88. The zero-order valence-electron chi connectivity index (χ0n) is 11.9. The summed E-state index contributed by atoms with van der Waals surface area (Å²) in [6.45, 7) is 6.59. The summed E-state index contributed by atoms with van der Waals surface area (Å²) in [7, 11) is 3.35. The molecule has 0 saturated carbocycles. The number of rotatable bonds is 6. The molecule has 102 valence electrons. The number of hydrogen-bond acceptors (Lipinski definition) is 2. The summed E-state index contributed by atoms with van der Waals surface area (Å²) < 4.78 is 10.7. The van der Waals surface area contributed by atoms with Crippen LogP contribution in [0, 0.1) is 12.8 Å². The molecule has 1 rings (SSSR count). The highest BCUT2D eigenvalue weighted by atomic mass is 79.9. The first-order chi connectivity index (χ1) is 8.58. The molecule has 0 N–H and O–H groups in total. The lowest BCUT2D eigenvalue weighted by molar-refractivity contribution is 0.353. The lowest BCUT2D eigenvalue weighted by atomic mass is 9.92. The summed E-state index contributed by atoms with van der Waals surface area (Å²) in [5, 5.41) is 0. The molecule has 0 saturated heterocycles. The zero-order chi connectivity index (χ0) is 13.7. The molecule has 0 amide bonds. The second-order valence-corrected chi connectivity index (χ2v) is 5.53. The van der Waals surface area contributed by atoms with Crippen LogP contribution in [-0.2, 0) is 0 Å². The van der Waals surface area contributed by atoms with Crippen molar-refractivity contribution in [1.82, 2.24) is 0 Å². The van der Waals surface area contributed by atoms with Gasteiger partial charge in [0.1, 0.15) is 0 Å². The molecule has 0 aromatic heterocycles. The van der Waals surface area contributed by atoms with Crippen molar-refractivity contribution in [2.24, 2.45) is 5.92 Å². The molecule has 0 aliphatic rings. The second-order valence-electron chi connectivity index (χ2n) is 4.54. The van der Waals surface area contributed by atoms with Crippen molar-refractivity contribution in [3.8, 4) is 11.5 Å². The van der Waals surface area contributed by atoms with Crippen molar-refractivity contribution in [3.05, 3.63) is 23.3 Å². The van der Waals surface area contributed by atoms with Gasteiger partial charge in [0.05, 0.1) is 14.2 Å². The summed E-state index contributed by atoms with van der Waals surface area (Å²) in [5.74, 6) is 2.23. The van der Waals surface area contributed by atoms with E-state index in [0.717, 1.165) is 11.5 Å². The first-order valence-corrected chi connectivity index (χ1v) is 7.37. The third kappa shape index (κ3) is 3.19. The number of alkyl halides is 1. The van der Waals surface area contributed by atoms with Crippen molar-refractivity contribution in [1.29, 1.82) is 0 Å². The number of methoxy groups -OCH3 is 2. The molecule has 0 radical (unpaired) electrons.